The maximum absolute atomic E-state index is 9.68. The van der Waals surface area contributed by atoms with Crippen LogP contribution in [0, 0.1) is 5.41 Å². The third-order valence-corrected chi connectivity index (χ3v) is 3.41. The van der Waals surface area contributed by atoms with Gasteiger partial charge < -0.3 is 19.9 Å². The lowest BCUT2D eigenvalue weighted by Gasteiger charge is -2.22. The van der Waals surface area contributed by atoms with Crippen LogP contribution in [0.2, 0.25) is 0 Å². The summed E-state index contributed by atoms with van der Waals surface area (Å²) in [5.74, 6) is 0. The average molecular weight is 324 g/mol. The van der Waals surface area contributed by atoms with E-state index in [1.54, 1.807) is 12.1 Å². The summed E-state index contributed by atoms with van der Waals surface area (Å²) in [5, 5.41) is 27.1. The molecule has 1 aromatic carbocycles. The quantitative estimate of drug-likeness (QED) is 0.456. The summed E-state index contributed by atoms with van der Waals surface area (Å²) in [4.78, 5) is 0. The number of aliphatic hydroxyl groups excluding tert-OH is 2. The molecular formula is C18H33BO4. The third kappa shape index (κ3) is 12.2. The van der Waals surface area contributed by atoms with Crippen LogP contribution < -0.4 is 5.46 Å². The highest BCUT2D eigenvalue weighted by Crippen LogP contribution is 2.13. The van der Waals surface area contributed by atoms with Crippen molar-refractivity contribution in [3.63, 3.8) is 0 Å². The van der Waals surface area contributed by atoms with E-state index in [1.807, 2.05) is 32.0 Å². The first-order valence-electron chi connectivity index (χ1n) is 8.53. The Balaban J connectivity index is 0.000000515. The lowest BCUT2D eigenvalue weighted by atomic mass is 9.79. The summed E-state index contributed by atoms with van der Waals surface area (Å²) < 4.78 is 5.28. The lowest BCUT2D eigenvalue weighted by Crippen LogP contribution is -2.37. The van der Waals surface area contributed by atoms with Gasteiger partial charge in [-0.15, -0.1) is 0 Å². The molecule has 0 saturated heterocycles. The zero-order valence-corrected chi connectivity index (χ0v) is 14.9. The Hall–Kier alpha value is -0.875. The van der Waals surface area contributed by atoms with Crippen LogP contribution in [0.5, 0.6) is 0 Å². The average Bonchev–Trinajstić information content (AvgIpc) is 2.58. The van der Waals surface area contributed by atoms with Crippen molar-refractivity contribution in [2.24, 2.45) is 5.41 Å². The number of unbranched alkanes of at least 4 members (excludes halogenated alkanes) is 4. The van der Waals surface area contributed by atoms with E-state index in [-0.39, 0.29) is 12.0 Å². The zero-order valence-electron chi connectivity index (χ0n) is 14.9. The van der Waals surface area contributed by atoms with E-state index in [2.05, 4.69) is 6.92 Å². The first-order valence-corrected chi connectivity index (χ1v) is 8.53. The fourth-order valence-electron chi connectivity index (χ4n) is 1.78. The molecule has 0 unspecified atom stereocenters. The molecule has 0 saturated carbocycles. The van der Waals surface area contributed by atoms with Crippen molar-refractivity contribution in [2.45, 2.75) is 52.9 Å². The van der Waals surface area contributed by atoms with Crippen LogP contribution in [0.3, 0.4) is 0 Å². The van der Waals surface area contributed by atoms with Gasteiger partial charge in [0.05, 0.1) is 6.61 Å². The van der Waals surface area contributed by atoms with Gasteiger partial charge in [-0.05, 0) is 11.9 Å². The highest BCUT2D eigenvalue weighted by atomic mass is 16.5. The largest absolute Gasteiger partial charge is 0.491 e. The topological polar surface area (TPSA) is 69.9 Å². The second-order valence-corrected chi connectivity index (χ2v) is 6.53. The number of hydrogen-bond donors (Lipinski definition) is 3. The molecule has 0 aromatic heterocycles. The third-order valence-electron chi connectivity index (χ3n) is 3.41. The van der Waals surface area contributed by atoms with Gasteiger partial charge in [-0.25, -0.2) is 0 Å². The molecule has 0 amide bonds. The van der Waals surface area contributed by atoms with Crippen molar-refractivity contribution in [3.8, 4) is 0 Å². The van der Waals surface area contributed by atoms with Crippen LogP contribution in [-0.2, 0) is 4.65 Å². The first-order chi connectivity index (χ1) is 11.0. The van der Waals surface area contributed by atoms with E-state index >= 15 is 0 Å². The first kappa shape index (κ1) is 22.1. The molecule has 1 aromatic rings. The fourth-order valence-corrected chi connectivity index (χ4v) is 1.78. The fraction of sp³-hybridized carbons (Fsp3) is 0.667. The second kappa shape index (κ2) is 13.6. The summed E-state index contributed by atoms with van der Waals surface area (Å²) in [6.45, 7) is 6.67. The van der Waals surface area contributed by atoms with Gasteiger partial charge >= 0.3 is 7.12 Å². The Morgan fingerprint density at radius 1 is 1.00 bits per heavy atom. The predicted molar refractivity (Wildman–Crippen MR) is 96.7 cm³/mol. The summed E-state index contributed by atoms with van der Waals surface area (Å²) in [6, 6.07) is 9.18. The Bertz CT molecular complexity index is 365. The van der Waals surface area contributed by atoms with Crippen LogP contribution >= 0.6 is 0 Å². The van der Waals surface area contributed by atoms with Gasteiger partial charge in [0.2, 0.25) is 0 Å². The molecule has 0 aliphatic rings. The van der Waals surface area contributed by atoms with Gasteiger partial charge in [-0.2, -0.15) is 0 Å². The van der Waals surface area contributed by atoms with Crippen molar-refractivity contribution >= 4 is 12.6 Å². The van der Waals surface area contributed by atoms with Gasteiger partial charge in [-0.1, -0.05) is 76.8 Å². The second-order valence-electron chi connectivity index (χ2n) is 6.53. The van der Waals surface area contributed by atoms with Crippen LogP contribution in [-0.4, -0.2) is 42.2 Å². The summed E-state index contributed by atoms with van der Waals surface area (Å²) in [5.41, 5.74) is 0.404. The van der Waals surface area contributed by atoms with Gasteiger partial charge in [0.15, 0.2) is 0 Å². The van der Waals surface area contributed by atoms with Crippen molar-refractivity contribution < 1.29 is 19.9 Å². The minimum atomic E-state index is -0.919. The van der Waals surface area contributed by atoms with Crippen molar-refractivity contribution in [3.05, 3.63) is 30.3 Å². The van der Waals surface area contributed by atoms with Crippen LogP contribution in [0.1, 0.15) is 52.9 Å². The van der Waals surface area contributed by atoms with E-state index in [0.29, 0.717) is 13.2 Å². The number of rotatable bonds is 10. The molecule has 0 spiro atoms. The van der Waals surface area contributed by atoms with Crippen LogP contribution in [0.4, 0.5) is 0 Å². The summed E-state index contributed by atoms with van der Waals surface area (Å²) in [6.07, 6.45) is 6.08. The van der Waals surface area contributed by atoms with E-state index in [9.17, 15) is 5.02 Å². The Morgan fingerprint density at radius 2 is 1.61 bits per heavy atom. The normalized spacial score (nSPS) is 10.9. The molecule has 5 heteroatoms. The van der Waals surface area contributed by atoms with Gasteiger partial charge in [0, 0.05) is 18.6 Å². The molecule has 0 heterocycles. The molecule has 0 radical (unpaired) electrons. The number of aliphatic hydroxyl groups is 2. The van der Waals surface area contributed by atoms with Gasteiger partial charge in [0.25, 0.3) is 0 Å². The molecule has 132 valence electrons. The molecule has 4 nitrogen and oxygen atoms in total. The maximum Gasteiger partial charge on any atom is 0.491 e. The molecule has 0 bridgehead atoms. The highest BCUT2D eigenvalue weighted by molar-refractivity contribution is 6.59. The zero-order chi connectivity index (χ0) is 17.6. The molecule has 0 atom stereocenters. The summed E-state index contributed by atoms with van der Waals surface area (Å²) >= 11 is 0. The number of hydrogen-bond acceptors (Lipinski definition) is 4. The molecular weight excluding hydrogens is 291 g/mol. The summed E-state index contributed by atoms with van der Waals surface area (Å²) in [7, 11) is -0.919. The Kier molecular flexibility index (Phi) is 13.0. The standard InChI is InChI=1S/C11H17BO3.C7H16O/c1-11(2,8-13)9-15-12(14)10-6-4-3-5-7-10;1-2-3-4-5-6-7-8/h3-7,13-14H,8-9H2,1-2H3;8H,2-7H2,1H3. The number of benzene rings is 1. The minimum Gasteiger partial charge on any atom is -0.423 e. The smallest absolute Gasteiger partial charge is 0.423 e. The van der Waals surface area contributed by atoms with E-state index in [4.69, 9.17) is 14.9 Å². The van der Waals surface area contributed by atoms with Crippen LogP contribution in [0.15, 0.2) is 30.3 Å². The molecule has 1 rings (SSSR count). The SMILES string of the molecule is CC(C)(CO)COB(O)c1ccccc1.CCCCCCCO. The molecule has 0 aliphatic heterocycles. The maximum atomic E-state index is 9.68. The Labute approximate surface area is 141 Å². The monoisotopic (exact) mass is 324 g/mol. The molecule has 23 heavy (non-hydrogen) atoms. The Morgan fingerprint density at radius 3 is 2.13 bits per heavy atom. The lowest BCUT2D eigenvalue weighted by molar-refractivity contribution is 0.0886. The van der Waals surface area contributed by atoms with E-state index in [0.717, 1.165) is 11.9 Å². The molecule has 3 N–H and O–H groups in total. The van der Waals surface area contributed by atoms with Gasteiger partial charge in [-0.3, -0.25) is 0 Å². The minimum absolute atomic E-state index is 0.0362. The van der Waals surface area contributed by atoms with Crippen molar-refractivity contribution in [1.82, 2.24) is 0 Å². The van der Waals surface area contributed by atoms with E-state index < -0.39 is 7.12 Å². The van der Waals surface area contributed by atoms with Crippen molar-refractivity contribution in [2.75, 3.05) is 19.8 Å². The molecule has 0 aliphatic carbocycles. The predicted octanol–water partition coefficient (Wildman–Crippen LogP) is 2.36. The van der Waals surface area contributed by atoms with Crippen LogP contribution in [0.25, 0.3) is 0 Å². The molecule has 0 fully saturated rings. The van der Waals surface area contributed by atoms with Gasteiger partial charge in [0.1, 0.15) is 0 Å². The highest BCUT2D eigenvalue weighted by Gasteiger charge is 2.22. The van der Waals surface area contributed by atoms with Crippen molar-refractivity contribution in [1.29, 1.82) is 0 Å². The van der Waals surface area contributed by atoms with E-state index in [1.165, 1.54) is 25.7 Å².